The van der Waals surface area contributed by atoms with Gasteiger partial charge in [-0.2, -0.15) is 0 Å². The Morgan fingerprint density at radius 2 is 1.89 bits per heavy atom. The highest BCUT2D eigenvalue weighted by molar-refractivity contribution is 6.06. The van der Waals surface area contributed by atoms with Gasteiger partial charge in [0.25, 0.3) is 0 Å². The van der Waals surface area contributed by atoms with Crippen molar-refractivity contribution in [3.63, 3.8) is 0 Å². The summed E-state index contributed by atoms with van der Waals surface area (Å²) in [6.07, 6.45) is 0.909. The van der Waals surface area contributed by atoms with Gasteiger partial charge in [-0.15, -0.1) is 0 Å². The molecule has 0 aliphatic heterocycles. The molecule has 3 heteroatoms. The van der Waals surface area contributed by atoms with Crippen molar-refractivity contribution in [3.05, 3.63) is 52.4 Å². The summed E-state index contributed by atoms with van der Waals surface area (Å²) in [6.45, 7) is 2.08. The molecule has 2 aromatic carbocycles. The number of hydrogen-bond acceptors (Lipinski definition) is 3. The molecule has 3 nitrogen and oxygen atoms in total. The second-order valence-corrected chi connectivity index (χ2v) is 4.26. The van der Waals surface area contributed by atoms with Gasteiger partial charge in [-0.05, 0) is 23.4 Å². The van der Waals surface area contributed by atoms with E-state index in [-0.39, 0.29) is 5.75 Å². The van der Waals surface area contributed by atoms with E-state index >= 15 is 0 Å². The zero-order valence-electron chi connectivity index (χ0n) is 9.93. The molecular weight excluding hydrogens is 228 g/mol. The van der Waals surface area contributed by atoms with E-state index in [4.69, 9.17) is 4.42 Å². The first-order valence-electron chi connectivity index (χ1n) is 5.88. The maximum absolute atomic E-state index is 11.4. The highest BCUT2D eigenvalue weighted by Gasteiger charge is 2.09. The van der Waals surface area contributed by atoms with Crippen LogP contribution >= 0.6 is 0 Å². The van der Waals surface area contributed by atoms with Crippen LogP contribution < -0.4 is 5.63 Å². The van der Waals surface area contributed by atoms with Gasteiger partial charge < -0.3 is 9.52 Å². The van der Waals surface area contributed by atoms with Crippen LogP contribution in [0.15, 0.2) is 45.6 Å². The summed E-state index contributed by atoms with van der Waals surface area (Å²) in [6, 6.07) is 10.7. The van der Waals surface area contributed by atoms with Crippen LogP contribution in [-0.2, 0) is 6.42 Å². The Labute approximate surface area is 103 Å². The lowest BCUT2D eigenvalue weighted by Crippen LogP contribution is -1.96. The van der Waals surface area contributed by atoms with E-state index in [9.17, 15) is 9.90 Å². The summed E-state index contributed by atoms with van der Waals surface area (Å²) in [5, 5.41) is 12.3. The minimum atomic E-state index is -0.533. The first kappa shape index (κ1) is 10.8. The Balaban J connectivity index is 2.57. The van der Waals surface area contributed by atoms with Crippen LogP contribution in [0.3, 0.4) is 0 Å². The average Bonchev–Trinajstić information content (AvgIpc) is 2.37. The third-order valence-corrected chi connectivity index (χ3v) is 3.22. The molecule has 0 atom stereocenters. The third-order valence-electron chi connectivity index (χ3n) is 3.22. The van der Waals surface area contributed by atoms with Gasteiger partial charge in [0.05, 0.1) is 11.5 Å². The van der Waals surface area contributed by atoms with Gasteiger partial charge in [0.1, 0.15) is 11.3 Å². The number of aromatic hydroxyl groups is 1. The minimum absolute atomic E-state index is 0.0370. The van der Waals surface area contributed by atoms with Gasteiger partial charge in [-0.25, -0.2) is 4.79 Å². The number of hydrogen-bond donors (Lipinski definition) is 1. The molecule has 1 aromatic heterocycles. The van der Waals surface area contributed by atoms with Crippen LogP contribution in [0.2, 0.25) is 0 Å². The lowest BCUT2D eigenvalue weighted by Gasteiger charge is -2.07. The SMILES string of the molecule is CCc1cccc2c1ccc1c(O)cc(=O)oc12. The van der Waals surface area contributed by atoms with Gasteiger partial charge in [-0.1, -0.05) is 31.2 Å². The van der Waals surface area contributed by atoms with Crippen LogP contribution in [0.5, 0.6) is 5.75 Å². The van der Waals surface area contributed by atoms with Crippen molar-refractivity contribution in [3.8, 4) is 5.75 Å². The molecule has 0 unspecified atom stereocenters. The standard InChI is InChI=1S/C15H12O3/c1-2-9-4-3-5-11-10(9)6-7-12-13(16)8-14(17)18-15(11)12/h3-8,16H,2H2,1H3. The Morgan fingerprint density at radius 1 is 1.11 bits per heavy atom. The fourth-order valence-electron chi connectivity index (χ4n) is 2.33. The molecule has 3 rings (SSSR count). The highest BCUT2D eigenvalue weighted by atomic mass is 16.4. The van der Waals surface area contributed by atoms with Crippen molar-refractivity contribution in [2.75, 3.05) is 0 Å². The van der Waals surface area contributed by atoms with E-state index in [1.807, 2.05) is 18.2 Å². The number of aryl methyl sites for hydroxylation is 1. The molecule has 0 radical (unpaired) electrons. The highest BCUT2D eigenvalue weighted by Crippen LogP contribution is 2.31. The molecule has 1 N–H and O–H groups in total. The predicted octanol–water partition coefficient (Wildman–Crippen LogP) is 3.21. The molecule has 3 aromatic rings. The van der Waals surface area contributed by atoms with E-state index in [1.54, 1.807) is 6.07 Å². The Morgan fingerprint density at radius 3 is 2.67 bits per heavy atom. The summed E-state index contributed by atoms with van der Waals surface area (Å²) in [5.74, 6) is -0.0370. The first-order chi connectivity index (χ1) is 8.70. The molecule has 18 heavy (non-hydrogen) atoms. The quantitative estimate of drug-likeness (QED) is 0.525. The summed E-state index contributed by atoms with van der Waals surface area (Å²) < 4.78 is 5.24. The molecule has 0 saturated heterocycles. The summed E-state index contributed by atoms with van der Waals surface area (Å²) >= 11 is 0. The Kier molecular flexibility index (Phi) is 2.33. The van der Waals surface area contributed by atoms with Crippen LogP contribution in [0, 0.1) is 0 Å². The van der Waals surface area contributed by atoms with Crippen LogP contribution in [0.25, 0.3) is 21.7 Å². The van der Waals surface area contributed by atoms with Crippen molar-refractivity contribution >= 4 is 21.7 Å². The van der Waals surface area contributed by atoms with Crippen molar-refractivity contribution < 1.29 is 9.52 Å². The normalized spacial score (nSPS) is 11.2. The monoisotopic (exact) mass is 240 g/mol. The van der Waals surface area contributed by atoms with Gasteiger partial charge in [0.15, 0.2) is 0 Å². The lowest BCUT2D eigenvalue weighted by atomic mass is 10.0. The molecule has 0 amide bonds. The van der Waals surface area contributed by atoms with Gasteiger partial charge in [0, 0.05) is 5.39 Å². The minimum Gasteiger partial charge on any atom is -0.507 e. The van der Waals surface area contributed by atoms with E-state index in [1.165, 1.54) is 5.56 Å². The molecule has 0 fully saturated rings. The Bertz CT molecular complexity index is 800. The van der Waals surface area contributed by atoms with E-state index in [0.717, 1.165) is 23.3 Å². The molecule has 0 spiro atoms. The van der Waals surface area contributed by atoms with Gasteiger partial charge in [0.2, 0.25) is 0 Å². The van der Waals surface area contributed by atoms with E-state index in [0.29, 0.717) is 11.0 Å². The number of fused-ring (bicyclic) bond motifs is 3. The molecule has 0 aliphatic rings. The van der Waals surface area contributed by atoms with Crippen molar-refractivity contribution in [2.45, 2.75) is 13.3 Å². The Hall–Kier alpha value is -2.29. The smallest absolute Gasteiger partial charge is 0.339 e. The zero-order chi connectivity index (χ0) is 12.7. The van der Waals surface area contributed by atoms with E-state index < -0.39 is 5.63 Å². The topological polar surface area (TPSA) is 50.4 Å². The molecule has 0 aliphatic carbocycles. The molecule has 0 bridgehead atoms. The van der Waals surface area contributed by atoms with Crippen molar-refractivity contribution in [1.29, 1.82) is 0 Å². The fourth-order valence-corrected chi connectivity index (χ4v) is 2.33. The summed E-state index contributed by atoms with van der Waals surface area (Å²) in [7, 11) is 0. The second kappa shape index (κ2) is 3.88. The lowest BCUT2D eigenvalue weighted by molar-refractivity contribution is 0.468. The second-order valence-electron chi connectivity index (χ2n) is 4.26. The largest absolute Gasteiger partial charge is 0.507 e. The predicted molar refractivity (Wildman–Crippen MR) is 71.0 cm³/mol. The first-order valence-corrected chi connectivity index (χ1v) is 5.88. The zero-order valence-corrected chi connectivity index (χ0v) is 9.93. The third kappa shape index (κ3) is 1.48. The van der Waals surface area contributed by atoms with Crippen LogP contribution in [0.1, 0.15) is 12.5 Å². The van der Waals surface area contributed by atoms with Crippen molar-refractivity contribution in [2.24, 2.45) is 0 Å². The molecule has 90 valence electrons. The van der Waals surface area contributed by atoms with E-state index in [2.05, 4.69) is 13.0 Å². The maximum Gasteiger partial charge on any atom is 0.339 e. The average molecular weight is 240 g/mol. The van der Waals surface area contributed by atoms with Gasteiger partial charge in [-0.3, -0.25) is 0 Å². The van der Waals surface area contributed by atoms with Crippen LogP contribution in [0.4, 0.5) is 0 Å². The summed E-state index contributed by atoms with van der Waals surface area (Å²) in [5.41, 5.74) is 1.11. The van der Waals surface area contributed by atoms with Gasteiger partial charge >= 0.3 is 5.63 Å². The van der Waals surface area contributed by atoms with Crippen molar-refractivity contribution in [1.82, 2.24) is 0 Å². The fraction of sp³-hybridized carbons (Fsp3) is 0.133. The maximum atomic E-state index is 11.4. The molecule has 0 saturated carbocycles. The van der Waals surface area contributed by atoms with Crippen LogP contribution in [-0.4, -0.2) is 5.11 Å². The molecular formula is C15H12O3. The number of benzene rings is 2. The number of rotatable bonds is 1. The molecule has 1 heterocycles. The summed E-state index contributed by atoms with van der Waals surface area (Å²) in [4.78, 5) is 11.4.